The highest BCUT2D eigenvalue weighted by Crippen LogP contribution is 2.26. The molecule has 7 nitrogen and oxygen atoms in total. The number of hydrazone groups is 1. The molecule has 1 heterocycles. The first-order valence-corrected chi connectivity index (χ1v) is 9.84. The molecule has 0 aliphatic rings. The lowest BCUT2D eigenvalue weighted by Crippen LogP contribution is -2.21. The van der Waals surface area contributed by atoms with Crippen molar-refractivity contribution in [3.8, 4) is 34.0 Å². The first-order chi connectivity index (χ1) is 15.6. The van der Waals surface area contributed by atoms with Crippen LogP contribution < -0.4 is 10.2 Å². The average Bonchev–Trinajstić information content (AvgIpc) is 2.85. The van der Waals surface area contributed by atoms with E-state index in [2.05, 4.69) is 20.5 Å². The predicted molar refractivity (Wildman–Crippen MR) is 123 cm³/mol. The summed E-state index contributed by atoms with van der Waals surface area (Å²) in [6.07, 6.45) is 1.44. The zero-order chi connectivity index (χ0) is 22.3. The molecule has 0 spiro atoms. The van der Waals surface area contributed by atoms with Crippen LogP contribution >= 0.6 is 0 Å². The fourth-order valence-electron chi connectivity index (χ4n) is 3.05. The molecule has 0 radical (unpaired) electrons. The Labute approximate surface area is 185 Å². The number of phenols is 1. The van der Waals surface area contributed by atoms with Crippen LogP contribution in [-0.2, 0) is 0 Å². The Morgan fingerprint density at radius 1 is 0.906 bits per heavy atom. The molecule has 0 aliphatic heterocycles. The van der Waals surface area contributed by atoms with Crippen molar-refractivity contribution >= 4 is 12.1 Å². The van der Waals surface area contributed by atoms with Gasteiger partial charge in [0.05, 0.1) is 24.7 Å². The molecule has 32 heavy (non-hydrogen) atoms. The highest BCUT2D eigenvalue weighted by atomic mass is 16.5. The molecule has 158 valence electrons. The summed E-state index contributed by atoms with van der Waals surface area (Å²) in [4.78, 5) is 21.7. The van der Waals surface area contributed by atoms with Crippen molar-refractivity contribution in [2.45, 2.75) is 0 Å². The molecule has 2 N–H and O–H groups in total. The van der Waals surface area contributed by atoms with Crippen LogP contribution in [0, 0.1) is 0 Å². The third-order valence-electron chi connectivity index (χ3n) is 4.65. The van der Waals surface area contributed by atoms with Crippen molar-refractivity contribution in [1.82, 2.24) is 15.4 Å². The van der Waals surface area contributed by atoms with Crippen molar-refractivity contribution in [3.05, 3.63) is 96.3 Å². The van der Waals surface area contributed by atoms with E-state index in [1.807, 2.05) is 66.7 Å². The van der Waals surface area contributed by atoms with Crippen LogP contribution in [-0.4, -0.2) is 34.3 Å². The van der Waals surface area contributed by atoms with Gasteiger partial charge >= 0.3 is 5.91 Å². The van der Waals surface area contributed by atoms with Gasteiger partial charge in [0.2, 0.25) is 5.82 Å². The van der Waals surface area contributed by atoms with E-state index in [0.717, 1.165) is 11.1 Å². The lowest BCUT2D eigenvalue weighted by Gasteiger charge is -2.08. The van der Waals surface area contributed by atoms with Gasteiger partial charge < -0.3 is 9.84 Å². The summed E-state index contributed by atoms with van der Waals surface area (Å²) in [5.74, 6) is -0.201. The summed E-state index contributed by atoms with van der Waals surface area (Å²) in [7, 11) is 1.46. The number of ether oxygens (including phenoxy) is 1. The monoisotopic (exact) mass is 424 g/mol. The van der Waals surface area contributed by atoms with Crippen LogP contribution in [0.1, 0.15) is 16.2 Å². The topological polar surface area (TPSA) is 96.7 Å². The maximum atomic E-state index is 12.8. The number of carbonyl (C=O) groups is 1. The highest BCUT2D eigenvalue weighted by molar-refractivity contribution is 5.92. The molecule has 0 aliphatic carbocycles. The van der Waals surface area contributed by atoms with Crippen LogP contribution in [0.15, 0.2) is 90.0 Å². The van der Waals surface area contributed by atoms with Crippen molar-refractivity contribution < 1.29 is 14.6 Å². The Balaban J connectivity index is 1.62. The van der Waals surface area contributed by atoms with Gasteiger partial charge in [0.1, 0.15) is 0 Å². The van der Waals surface area contributed by atoms with Crippen molar-refractivity contribution in [2.24, 2.45) is 5.10 Å². The summed E-state index contributed by atoms with van der Waals surface area (Å²) in [6, 6.07) is 25.8. The number of nitrogens with one attached hydrogen (secondary N) is 1. The fraction of sp³-hybridized carbons (Fsp3) is 0.0400. The molecular formula is C25H20N4O3. The first kappa shape index (κ1) is 20.7. The van der Waals surface area contributed by atoms with E-state index in [0.29, 0.717) is 22.7 Å². The number of hydrogen-bond donors (Lipinski definition) is 2. The predicted octanol–water partition coefficient (Wildman–Crippen LogP) is 4.29. The molecule has 4 rings (SSSR count). The summed E-state index contributed by atoms with van der Waals surface area (Å²) < 4.78 is 5.07. The van der Waals surface area contributed by atoms with E-state index in [1.165, 1.54) is 19.4 Å². The number of benzene rings is 3. The van der Waals surface area contributed by atoms with Crippen LogP contribution in [0.5, 0.6) is 11.5 Å². The lowest BCUT2D eigenvalue weighted by molar-refractivity contribution is 0.0945. The molecule has 0 bridgehead atoms. The Morgan fingerprint density at radius 2 is 1.50 bits per heavy atom. The number of hydrogen-bond acceptors (Lipinski definition) is 6. The molecule has 1 aromatic heterocycles. The number of carbonyl (C=O) groups excluding carboxylic acids is 1. The molecular weight excluding hydrogens is 404 g/mol. The van der Waals surface area contributed by atoms with Gasteiger partial charge in [-0.2, -0.15) is 5.10 Å². The second-order valence-corrected chi connectivity index (χ2v) is 6.82. The van der Waals surface area contributed by atoms with Gasteiger partial charge in [-0.3, -0.25) is 4.79 Å². The van der Waals surface area contributed by atoms with E-state index in [9.17, 15) is 9.90 Å². The van der Waals surface area contributed by atoms with Gasteiger partial charge in [0.25, 0.3) is 0 Å². The van der Waals surface area contributed by atoms with Gasteiger partial charge in [0.15, 0.2) is 11.5 Å². The SMILES string of the molecule is COc1cc(C=NNC(=O)c2nc(-c3ccccc3)cc(-c3ccccc3)n2)ccc1O. The number of phenolic OH excluding ortho intramolecular Hbond substituents is 1. The Kier molecular flexibility index (Phi) is 6.17. The number of amides is 1. The van der Waals surface area contributed by atoms with Gasteiger partial charge in [0, 0.05) is 11.1 Å². The molecule has 0 fully saturated rings. The minimum absolute atomic E-state index is 0.00522. The number of nitrogens with zero attached hydrogens (tertiary/aromatic N) is 3. The van der Waals surface area contributed by atoms with Gasteiger partial charge in [-0.05, 0) is 29.8 Å². The van der Waals surface area contributed by atoms with Crippen LogP contribution in [0.25, 0.3) is 22.5 Å². The zero-order valence-electron chi connectivity index (χ0n) is 17.3. The van der Waals surface area contributed by atoms with E-state index >= 15 is 0 Å². The van der Waals surface area contributed by atoms with Crippen molar-refractivity contribution in [1.29, 1.82) is 0 Å². The maximum absolute atomic E-state index is 12.8. The standard InChI is InChI=1S/C25H20N4O3/c1-32-23-14-17(12-13-22(23)30)16-26-29-25(31)24-27-20(18-8-4-2-5-9-18)15-21(28-24)19-10-6-3-7-11-19/h2-16,30H,1H3,(H,29,31). The average molecular weight is 424 g/mol. The Morgan fingerprint density at radius 3 is 2.06 bits per heavy atom. The molecule has 7 heteroatoms. The Bertz CT molecular complexity index is 1200. The number of rotatable bonds is 6. The molecule has 3 aromatic carbocycles. The van der Waals surface area contributed by atoms with E-state index in [-0.39, 0.29) is 11.6 Å². The van der Waals surface area contributed by atoms with Gasteiger partial charge in [-0.25, -0.2) is 15.4 Å². The third kappa shape index (κ3) is 4.79. The normalized spacial score (nSPS) is 10.8. The zero-order valence-corrected chi connectivity index (χ0v) is 17.3. The summed E-state index contributed by atoms with van der Waals surface area (Å²) in [6.45, 7) is 0. The molecule has 0 unspecified atom stereocenters. The Hall–Kier alpha value is -4.52. The van der Waals surface area contributed by atoms with E-state index in [1.54, 1.807) is 12.1 Å². The van der Waals surface area contributed by atoms with Crippen LogP contribution in [0.2, 0.25) is 0 Å². The second-order valence-electron chi connectivity index (χ2n) is 6.82. The first-order valence-electron chi connectivity index (χ1n) is 9.84. The van der Waals surface area contributed by atoms with E-state index in [4.69, 9.17) is 4.74 Å². The smallest absolute Gasteiger partial charge is 0.309 e. The minimum atomic E-state index is -0.540. The fourth-order valence-corrected chi connectivity index (χ4v) is 3.05. The van der Waals surface area contributed by atoms with Gasteiger partial charge in [-0.15, -0.1) is 0 Å². The highest BCUT2D eigenvalue weighted by Gasteiger charge is 2.14. The molecule has 1 amide bonds. The largest absolute Gasteiger partial charge is 0.504 e. The summed E-state index contributed by atoms with van der Waals surface area (Å²) in [5, 5.41) is 13.7. The second kappa shape index (κ2) is 9.53. The van der Waals surface area contributed by atoms with Crippen LogP contribution in [0.4, 0.5) is 0 Å². The number of methoxy groups -OCH3 is 1. The quantitative estimate of drug-likeness (QED) is 0.356. The summed E-state index contributed by atoms with van der Waals surface area (Å²) in [5.41, 5.74) is 6.13. The molecule has 0 saturated carbocycles. The maximum Gasteiger partial charge on any atom is 0.309 e. The number of aromatic hydroxyl groups is 1. The lowest BCUT2D eigenvalue weighted by atomic mass is 10.1. The molecule has 0 saturated heterocycles. The molecule has 4 aromatic rings. The summed E-state index contributed by atoms with van der Waals surface area (Å²) >= 11 is 0. The van der Waals surface area contributed by atoms with Crippen LogP contribution in [0.3, 0.4) is 0 Å². The van der Waals surface area contributed by atoms with Crippen molar-refractivity contribution in [3.63, 3.8) is 0 Å². The number of aromatic nitrogens is 2. The van der Waals surface area contributed by atoms with Gasteiger partial charge in [-0.1, -0.05) is 60.7 Å². The minimum Gasteiger partial charge on any atom is -0.504 e. The molecule has 0 atom stereocenters. The third-order valence-corrected chi connectivity index (χ3v) is 4.65. The van der Waals surface area contributed by atoms with Crippen molar-refractivity contribution in [2.75, 3.05) is 7.11 Å². The van der Waals surface area contributed by atoms with E-state index < -0.39 is 5.91 Å².